The number of nitrogens with one attached hydrogen (secondary N) is 2. The SMILES string of the molecule is COc1c(-c2ccc3c(c2)CC/C3=N\NS(C)(=O)=O)cc(-n2ccc(=O)[nH]c2=O)cc1-c1ccco1. The van der Waals surface area contributed by atoms with Gasteiger partial charge in [-0.05, 0) is 48.2 Å². The van der Waals surface area contributed by atoms with Gasteiger partial charge in [0.2, 0.25) is 10.0 Å². The number of hydrogen-bond acceptors (Lipinski definition) is 7. The second-order valence-electron chi connectivity index (χ2n) is 8.33. The average molecular weight is 507 g/mol. The molecule has 0 bridgehead atoms. The molecule has 0 saturated carbocycles. The Labute approximate surface area is 205 Å². The first-order valence-electron chi connectivity index (χ1n) is 11.0. The highest BCUT2D eigenvalue weighted by atomic mass is 32.2. The second-order valence-corrected chi connectivity index (χ2v) is 10.1. The molecular weight excluding hydrogens is 484 g/mol. The van der Waals surface area contributed by atoms with Crippen molar-refractivity contribution in [2.75, 3.05) is 13.4 Å². The van der Waals surface area contributed by atoms with Crippen molar-refractivity contribution in [1.82, 2.24) is 14.4 Å². The van der Waals surface area contributed by atoms with Crippen LogP contribution >= 0.6 is 0 Å². The van der Waals surface area contributed by atoms with Gasteiger partial charge < -0.3 is 9.15 Å². The van der Waals surface area contributed by atoms with Crippen LogP contribution in [0.15, 0.2) is 80.1 Å². The third-order valence-electron chi connectivity index (χ3n) is 5.87. The molecule has 0 amide bonds. The van der Waals surface area contributed by atoms with Crippen LogP contribution < -0.4 is 20.8 Å². The fourth-order valence-electron chi connectivity index (χ4n) is 4.31. The summed E-state index contributed by atoms with van der Waals surface area (Å²) in [4.78, 5) is 28.6. The predicted octanol–water partition coefficient (Wildman–Crippen LogP) is 2.66. The van der Waals surface area contributed by atoms with Gasteiger partial charge >= 0.3 is 5.69 Å². The first-order chi connectivity index (χ1) is 17.2. The van der Waals surface area contributed by atoms with Crippen molar-refractivity contribution in [2.24, 2.45) is 5.10 Å². The minimum Gasteiger partial charge on any atom is -0.495 e. The molecule has 10 nitrogen and oxygen atoms in total. The summed E-state index contributed by atoms with van der Waals surface area (Å²) in [7, 11) is -1.89. The van der Waals surface area contributed by atoms with Gasteiger partial charge in [-0.25, -0.2) is 18.0 Å². The number of aromatic amines is 1. The maximum Gasteiger partial charge on any atom is 0.332 e. The molecule has 184 valence electrons. The number of ether oxygens (including phenoxy) is 1. The van der Waals surface area contributed by atoms with Gasteiger partial charge in [0, 0.05) is 23.4 Å². The van der Waals surface area contributed by atoms with E-state index in [9.17, 15) is 18.0 Å². The minimum atomic E-state index is -3.45. The third kappa shape index (κ3) is 4.48. The van der Waals surface area contributed by atoms with Crippen molar-refractivity contribution >= 4 is 15.7 Å². The van der Waals surface area contributed by atoms with E-state index in [0.29, 0.717) is 46.9 Å². The van der Waals surface area contributed by atoms with Crippen molar-refractivity contribution in [1.29, 1.82) is 0 Å². The topological polar surface area (TPSA) is 136 Å². The van der Waals surface area contributed by atoms with Crippen LogP contribution in [0.5, 0.6) is 5.75 Å². The lowest BCUT2D eigenvalue weighted by molar-refractivity contribution is 0.416. The van der Waals surface area contributed by atoms with Gasteiger partial charge in [0.15, 0.2) is 0 Å². The van der Waals surface area contributed by atoms with Crippen LogP contribution in [0.1, 0.15) is 17.5 Å². The normalized spacial score (nSPS) is 14.1. The Kier molecular flexibility index (Phi) is 5.84. The molecule has 2 heterocycles. The molecule has 0 unspecified atom stereocenters. The fraction of sp³-hybridized carbons (Fsp3) is 0.160. The maximum atomic E-state index is 12.6. The molecule has 0 aliphatic heterocycles. The fourth-order valence-corrected chi connectivity index (χ4v) is 4.59. The Morgan fingerprint density at radius 2 is 1.86 bits per heavy atom. The number of methoxy groups -OCH3 is 1. The van der Waals surface area contributed by atoms with Crippen LogP contribution in [0.4, 0.5) is 0 Å². The smallest absolute Gasteiger partial charge is 0.332 e. The number of nitrogens with zero attached hydrogens (tertiary/aromatic N) is 2. The Morgan fingerprint density at radius 1 is 1.06 bits per heavy atom. The number of aryl methyl sites for hydroxylation is 1. The first-order valence-corrected chi connectivity index (χ1v) is 12.9. The number of hydrogen-bond donors (Lipinski definition) is 2. The predicted molar refractivity (Wildman–Crippen MR) is 135 cm³/mol. The largest absolute Gasteiger partial charge is 0.495 e. The molecule has 4 aromatic rings. The minimum absolute atomic E-state index is 0.488. The molecule has 2 aromatic carbocycles. The molecule has 5 rings (SSSR count). The highest BCUT2D eigenvalue weighted by Crippen LogP contribution is 2.42. The molecule has 11 heteroatoms. The molecular formula is C25H22N4O6S. The zero-order valence-electron chi connectivity index (χ0n) is 19.4. The molecule has 2 aromatic heterocycles. The van der Waals surface area contributed by atoms with Crippen LogP contribution in [0, 0.1) is 0 Å². The molecule has 1 aliphatic rings. The van der Waals surface area contributed by atoms with Gasteiger partial charge in [0.1, 0.15) is 11.5 Å². The van der Waals surface area contributed by atoms with Crippen molar-refractivity contribution < 1.29 is 17.6 Å². The molecule has 0 fully saturated rings. The van der Waals surface area contributed by atoms with Crippen molar-refractivity contribution in [2.45, 2.75) is 12.8 Å². The summed E-state index contributed by atoms with van der Waals surface area (Å²) < 4.78 is 35.7. The van der Waals surface area contributed by atoms with Gasteiger partial charge in [0.25, 0.3) is 5.56 Å². The van der Waals surface area contributed by atoms with E-state index in [0.717, 1.165) is 22.9 Å². The number of aromatic nitrogens is 2. The number of H-pyrrole nitrogens is 1. The van der Waals surface area contributed by atoms with E-state index in [4.69, 9.17) is 9.15 Å². The zero-order valence-corrected chi connectivity index (χ0v) is 20.3. The summed E-state index contributed by atoms with van der Waals surface area (Å²) in [5, 5.41) is 4.06. The Balaban J connectivity index is 1.68. The van der Waals surface area contributed by atoms with Crippen molar-refractivity contribution in [3.8, 4) is 33.9 Å². The maximum absolute atomic E-state index is 12.6. The van der Waals surface area contributed by atoms with Gasteiger partial charge in [-0.1, -0.05) is 18.2 Å². The lowest BCUT2D eigenvalue weighted by Gasteiger charge is -2.17. The first kappa shape index (κ1) is 23.4. The van der Waals surface area contributed by atoms with Gasteiger partial charge in [-0.15, -0.1) is 0 Å². The lowest BCUT2D eigenvalue weighted by atomic mass is 9.96. The molecule has 0 spiro atoms. The van der Waals surface area contributed by atoms with E-state index in [-0.39, 0.29) is 0 Å². The molecule has 0 radical (unpaired) electrons. The number of rotatable bonds is 6. The average Bonchev–Trinajstić information content (AvgIpc) is 3.51. The summed E-state index contributed by atoms with van der Waals surface area (Å²) in [6.45, 7) is 0. The van der Waals surface area contributed by atoms with E-state index < -0.39 is 21.3 Å². The zero-order chi connectivity index (χ0) is 25.4. The second kappa shape index (κ2) is 9.00. The van der Waals surface area contributed by atoms with Gasteiger partial charge in [-0.2, -0.15) is 5.10 Å². The monoisotopic (exact) mass is 506 g/mol. The summed E-state index contributed by atoms with van der Waals surface area (Å²) in [6, 6.07) is 14.2. The van der Waals surface area contributed by atoms with Crippen LogP contribution in [0.3, 0.4) is 0 Å². The molecule has 36 heavy (non-hydrogen) atoms. The van der Waals surface area contributed by atoms with Gasteiger partial charge in [-0.3, -0.25) is 14.3 Å². The summed E-state index contributed by atoms with van der Waals surface area (Å²) in [6.07, 6.45) is 5.31. The molecule has 0 atom stereocenters. The molecule has 1 aliphatic carbocycles. The Hall–Kier alpha value is -4.38. The Morgan fingerprint density at radius 3 is 2.56 bits per heavy atom. The van der Waals surface area contributed by atoms with Crippen molar-refractivity contribution in [3.05, 3.63) is 93.0 Å². The van der Waals surface area contributed by atoms with Crippen LogP contribution in [0.2, 0.25) is 0 Å². The van der Waals surface area contributed by atoms with E-state index in [1.54, 1.807) is 31.6 Å². The van der Waals surface area contributed by atoms with Crippen molar-refractivity contribution in [3.63, 3.8) is 0 Å². The Bertz CT molecular complexity index is 1720. The molecule has 0 saturated heterocycles. The van der Waals surface area contributed by atoms with E-state index in [1.165, 1.54) is 16.8 Å². The van der Waals surface area contributed by atoms with Gasteiger partial charge in [0.05, 0.1) is 36.6 Å². The molecule has 2 N–H and O–H groups in total. The van der Waals surface area contributed by atoms with E-state index in [2.05, 4.69) is 14.9 Å². The lowest BCUT2D eigenvalue weighted by Crippen LogP contribution is -2.27. The van der Waals surface area contributed by atoms with E-state index >= 15 is 0 Å². The van der Waals surface area contributed by atoms with Crippen LogP contribution in [0.25, 0.3) is 28.1 Å². The number of hydrazone groups is 1. The highest BCUT2D eigenvalue weighted by molar-refractivity contribution is 7.88. The standard InChI is InChI=1S/C25H22N4O6S/c1-34-24-19(16-5-7-18-15(12-16)6-8-21(18)27-28-36(2,32)33)13-17(14-20(24)22-4-3-11-35-22)29-10-9-23(30)26-25(29)31/h3-5,7,9-14,28H,6,8H2,1-2H3,(H,26,30,31)/b27-21+. The number of fused-ring (bicyclic) bond motifs is 1. The number of benzene rings is 2. The van der Waals surface area contributed by atoms with Crippen LogP contribution in [-0.4, -0.2) is 37.0 Å². The third-order valence-corrected chi connectivity index (χ3v) is 6.29. The number of sulfonamides is 1. The summed E-state index contributed by atoms with van der Waals surface area (Å²) in [5.41, 5.74) is 4.17. The quantitative estimate of drug-likeness (QED) is 0.386. The van der Waals surface area contributed by atoms with Crippen LogP contribution in [-0.2, 0) is 16.4 Å². The number of furan rings is 1. The van der Waals surface area contributed by atoms with E-state index in [1.807, 2.05) is 24.3 Å². The summed E-state index contributed by atoms with van der Waals surface area (Å²) in [5.74, 6) is 1.10. The summed E-state index contributed by atoms with van der Waals surface area (Å²) >= 11 is 0. The highest BCUT2D eigenvalue weighted by Gasteiger charge is 2.22.